The van der Waals surface area contributed by atoms with Gasteiger partial charge in [-0.25, -0.2) is 0 Å². The van der Waals surface area contributed by atoms with Gasteiger partial charge in [0.1, 0.15) is 5.76 Å². The number of amides is 1. The summed E-state index contributed by atoms with van der Waals surface area (Å²) in [6.45, 7) is 4.88. The Balaban J connectivity index is 1.99. The molecule has 0 bridgehead atoms. The third kappa shape index (κ3) is 3.96. The highest BCUT2D eigenvalue weighted by Gasteiger charge is 2.23. The van der Waals surface area contributed by atoms with Crippen LogP contribution in [0.25, 0.3) is 6.08 Å². The number of piperidine rings is 1. The minimum Gasteiger partial charge on any atom is -0.465 e. The molecule has 19 heavy (non-hydrogen) atoms. The molecule has 1 amide bonds. The number of nitrogens with one attached hydrogen (secondary N) is 1. The molecule has 1 aromatic heterocycles. The van der Waals surface area contributed by atoms with E-state index >= 15 is 0 Å². The van der Waals surface area contributed by atoms with E-state index in [9.17, 15) is 4.79 Å². The van der Waals surface area contributed by atoms with Crippen LogP contribution in [-0.2, 0) is 4.79 Å². The largest absolute Gasteiger partial charge is 0.465 e. The molecule has 2 heterocycles. The second-order valence-corrected chi connectivity index (χ2v) is 4.88. The molecule has 0 radical (unpaired) electrons. The SMILES string of the molecule is CCCN(C(=O)C=Cc1ccco1)C1CCCNC1. The highest BCUT2D eigenvalue weighted by Crippen LogP contribution is 2.12. The molecule has 0 aromatic carbocycles. The monoisotopic (exact) mass is 262 g/mol. The van der Waals surface area contributed by atoms with E-state index in [1.54, 1.807) is 18.4 Å². The lowest BCUT2D eigenvalue weighted by atomic mass is 10.1. The Bertz CT molecular complexity index is 406. The van der Waals surface area contributed by atoms with Crippen LogP contribution in [0.1, 0.15) is 31.9 Å². The summed E-state index contributed by atoms with van der Waals surface area (Å²) < 4.78 is 5.20. The van der Waals surface area contributed by atoms with Crippen molar-refractivity contribution in [2.24, 2.45) is 0 Å². The Morgan fingerprint density at radius 1 is 1.63 bits per heavy atom. The third-order valence-electron chi connectivity index (χ3n) is 3.39. The maximum Gasteiger partial charge on any atom is 0.246 e. The molecule has 0 aliphatic carbocycles. The van der Waals surface area contributed by atoms with Crippen molar-refractivity contribution in [2.75, 3.05) is 19.6 Å². The summed E-state index contributed by atoms with van der Waals surface area (Å²) in [7, 11) is 0. The number of hydrogen-bond donors (Lipinski definition) is 1. The molecule has 1 aliphatic rings. The first-order chi connectivity index (χ1) is 9.31. The summed E-state index contributed by atoms with van der Waals surface area (Å²) >= 11 is 0. The zero-order valence-corrected chi connectivity index (χ0v) is 11.5. The summed E-state index contributed by atoms with van der Waals surface area (Å²) in [6.07, 6.45) is 8.17. The molecular formula is C15H22N2O2. The predicted molar refractivity (Wildman–Crippen MR) is 75.6 cm³/mol. The lowest BCUT2D eigenvalue weighted by Gasteiger charge is -2.34. The quantitative estimate of drug-likeness (QED) is 0.828. The minimum absolute atomic E-state index is 0.0759. The zero-order valence-electron chi connectivity index (χ0n) is 11.5. The topological polar surface area (TPSA) is 45.5 Å². The van der Waals surface area contributed by atoms with Gasteiger partial charge in [0.15, 0.2) is 0 Å². The maximum atomic E-state index is 12.3. The summed E-state index contributed by atoms with van der Waals surface area (Å²) in [5.74, 6) is 0.790. The fraction of sp³-hybridized carbons (Fsp3) is 0.533. The molecule has 1 unspecified atom stereocenters. The summed E-state index contributed by atoms with van der Waals surface area (Å²) in [5.41, 5.74) is 0. The summed E-state index contributed by atoms with van der Waals surface area (Å²) in [6, 6.07) is 3.98. The van der Waals surface area contributed by atoms with Crippen molar-refractivity contribution >= 4 is 12.0 Å². The number of furan rings is 1. The Morgan fingerprint density at radius 3 is 3.16 bits per heavy atom. The maximum absolute atomic E-state index is 12.3. The smallest absolute Gasteiger partial charge is 0.246 e. The van der Waals surface area contributed by atoms with Crippen molar-refractivity contribution in [3.8, 4) is 0 Å². The lowest BCUT2D eigenvalue weighted by molar-refractivity contribution is -0.128. The Kier molecular flexibility index (Phi) is 5.21. The van der Waals surface area contributed by atoms with Gasteiger partial charge in [-0.1, -0.05) is 6.92 Å². The van der Waals surface area contributed by atoms with Crippen LogP contribution < -0.4 is 5.32 Å². The van der Waals surface area contributed by atoms with E-state index in [0.29, 0.717) is 11.8 Å². The molecule has 1 aromatic rings. The number of carbonyl (C=O) groups is 1. The summed E-state index contributed by atoms with van der Waals surface area (Å²) in [5, 5.41) is 3.36. The van der Waals surface area contributed by atoms with E-state index in [1.165, 1.54) is 0 Å². The van der Waals surface area contributed by atoms with Gasteiger partial charge in [-0.15, -0.1) is 0 Å². The molecule has 1 fully saturated rings. The highest BCUT2D eigenvalue weighted by molar-refractivity contribution is 5.91. The van der Waals surface area contributed by atoms with Crippen LogP contribution in [0.4, 0.5) is 0 Å². The molecule has 0 spiro atoms. The van der Waals surface area contributed by atoms with Crippen LogP contribution in [-0.4, -0.2) is 36.5 Å². The average Bonchev–Trinajstić information content (AvgIpc) is 2.96. The molecule has 2 rings (SSSR count). The predicted octanol–water partition coefficient (Wildman–Crippen LogP) is 2.28. The van der Waals surface area contributed by atoms with Gasteiger partial charge in [0.2, 0.25) is 5.91 Å². The first kappa shape index (κ1) is 13.9. The Morgan fingerprint density at radius 2 is 2.53 bits per heavy atom. The van der Waals surface area contributed by atoms with Crippen LogP contribution in [0.5, 0.6) is 0 Å². The van der Waals surface area contributed by atoms with Crippen molar-refractivity contribution in [3.63, 3.8) is 0 Å². The van der Waals surface area contributed by atoms with Crippen LogP contribution in [0.15, 0.2) is 28.9 Å². The van der Waals surface area contributed by atoms with Gasteiger partial charge in [0, 0.05) is 25.2 Å². The Labute approximate surface area is 114 Å². The second kappa shape index (κ2) is 7.14. The number of hydrogen-bond acceptors (Lipinski definition) is 3. The normalized spacial score (nSPS) is 19.7. The van der Waals surface area contributed by atoms with Gasteiger partial charge < -0.3 is 14.6 Å². The van der Waals surface area contributed by atoms with Crippen LogP contribution in [0.3, 0.4) is 0 Å². The Hall–Kier alpha value is -1.55. The molecular weight excluding hydrogens is 240 g/mol. The van der Waals surface area contributed by atoms with Gasteiger partial charge in [-0.2, -0.15) is 0 Å². The van der Waals surface area contributed by atoms with Gasteiger partial charge in [0.25, 0.3) is 0 Å². The molecule has 104 valence electrons. The van der Waals surface area contributed by atoms with Crippen molar-refractivity contribution < 1.29 is 9.21 Å². The van der Waals surface area contributed by atoms with Gasteiger partial charge in [-0.3, -0.25) is 4.79 Å². The first-order valence-electron chi connectivity index (χ1n) is 7.04. The molecule has 4 nitrogen and oxygen atoms in total. The van der Waals surface area contributed by atoms with Crippen molar-refractivity contribution in [1.29, 1.82) is 0 Å². The van der Waals surface area contributed by atoms with E-state index in [2.05, 4.69) is 12.2 Å². The lowest BCUT2D eigenvalue weighted by Crippen LogP contribution is -2.48. The van der Waals surface area contributed by atoms with Crippen LogP contribution in [0.2, 0.25) is 0 Å². The van der Waals surface area contributed by atoms with Crippen molar-refractivity contribution in [1.82, 2.24) is 10.2 Å². The fourth-order valence-electron chi connectivity index (χ4n) is 2.45. The van der Waals surface area contributed by atoms with Gasteiger partial charge in [0.05, 0.1) is 6.26 Å². The average molecular weight is 262 g/mol. The molecule has 0 saturated carbocycles. The molecule has 1 saturated heterocycles. The van der Waals surface area contributed by atoms with E-state index in [4.69, 9.17) is 4.42 Å². The molecule has 1 N–H and O–H groups in total. The van der Waals surface area contributed by atoms with Gasteiger partial charge >= 0.3 is 0 Å². The van der Waals surface area contributed by atoms with E-state index in [1.807, 2.05) is 17.0 Å². The summed E-state index contributed by atoms with van der Waals surface area (Å²) in [4.78, 5) is 14.3. The third-order valence-corrected chi connectivity index (χ3v) is 3.39. The van der Waals surface area contributed by atoms with E-state index in [-0.39, 0.29) is 5.91 Å². The van der Waals surface area contributed by atoms with E-state index in [0.717, 1.165) is 38.9 Å². The van der Waals surface area contributed by atoms with E-state index < -0.39 is 0 Å². The number of carbonyl (C=O) groups excluding carboxylic acids is 1. The highest BCUT2D eigenvalue weighted by atomic mass is 16.3. The minimum atomic E-state index is 0.0759. The van der Waals surface area contributed by atoms with Crippen LogP contribution in [0, 0.1) is 0 Å². The second-order valence-electron chi connectivity index (χ2n) is 4.88. The first-order valence-corrected chi connectivity index (χ1v) is 7.04. The van der Waals surface area contributed by atoms with Crippen LogP contribution >= 0.6 is 0 Å². The van der Waals surface area contributed by atoms with Gasteiger partial charge in [-0.05, 0) is 44.0 Å². The standard InChI is InChI=1S/C15H22N2O2/c1-2-10-17(13-5-3-9-16-12-13)15(18)8-7-14-6-4-11-19-14/h4,6-8,11,13,16H,2-3,5,9-10,12H2,1H3. The molecule has 1 aliphatic heterocycles. The number of nitrogens with zero attached hydrogens (tertiary/aromatic N) is 1. The fourth-order valence-corrected chi connectivity index (χ4v) is 2.45. The molecule has 4 heteroatoms. The number of rotatable bonds is 5. The van der Waals surface area contributed by atoms with Crippen molar-refractivity contribution in [3.05, 3.63) is 30.2 Å². The zero-order chi connectivity index (χ0) is 13.5. The van der Waals surface area contributed by atoms with Crippen molar-refractivity contribution in [2.45, 2.75) is 32.2 Å². The molecule has 1 atom stereocenters.